The van der Waals surface area contributed by atoms with Crippen molar-refractivity contribution in [2.75, 3.05) is 6.61 Å². The first-order chi connectivity index (χ1) is 3.48. The average Bonchev–Trinajstić information content (AvgIpc) is 1.62. The minimum atomic E-state index is -1.18. The lowest BCUT2D eigenvalue weighted by Gasteiger charge is -2.21. The highest BCUT2D eigenvalue weighted by Crippen LogP contribution is 2.18. The molecule has 0 radical (unpaired) electrons. The Morgan fingerprint density at radius 2 is 2.12 bits per heavy atom. The Morgan fingerprint density at radius 1 is 1.75 bits per heavy atom. The second kappa shape index (κ2) is 2.96. The summed E-state index contributed by atoms with van der Waals surface area (Å²) < 4.78 is 0. The van der Waals surface area contributed by atoms with Crippen LogP contribution in [0.1, 0.15) is 6.92 Å². The molecule has 0 spiro atoms. The Balaban J connectivity index is 3.62. The van der Waals surface area contributed by atoms with Crippen LogP contribution in [0.3, 0.4) is 0 Å². The van der Waals surface area contributed by atoms with E-state index in [4.69, 9.17) is 10.2 Å². The molecule has 0 aliphatic heterocycles. The summed E-state index contributed by atoms with van der Waals surface area (Å²) in [4.78, 5) is -1.18. The van der Waals surface area contributed by atoms with Crippen LogP contribution in [0.15, 0.2) is 0 Å². The topological polar surface area (TPSA) is 40.5 Å². The molecule has 0 aromatic rings. The quantitative estimate of drug-likeness (QED) is 0.332. The van der Waals surface area contributed by atoms with Gasteiger partial charge in [0, 0.05) is 0 Å². The van der Waals surface area contributed by atoms with Gasteiger partial charge in [0.05, 0.1) is 11.9 Å². The van der Waals surface area contributed by atoms with Crippen molar-refractivity contribution in [2.45, 2.75) is 17.1 Å². The van der Waals surface area contributed by atoms with Crippen LogP contribution in [0.5, 0.6) is 0 Å². The highest BCUT2D eigenvalue weighted by Gasteiger charge is 2.22. The van der Waals surface area contributed by atoms with E-state index < -0.39 is 10.2 Å². The maximum absolute atomic E-state index is 8.91. The van der Waals surface area contributed by atoms with E-state index in [2.05, 4.69) is 25.3 Å². The molecule has 0 heterocycles. The van der Waals surface area contributed by atoms with Gasteiger partial charge < -0.3 is 10.2 Å². The fourth-order valence-corrected chi connectivity index (χ4v) is 0.255. The van der Waals surface area contributed by atoms with Gasteiger partial charge in [-0.25, -0.2) is 0 Å². The number of hydrogen-bond acceptors (Lipinski definition) is 4. The van der Waals surface area contributed by atoms with Gasteiger partial charge in [-0.15, -0.1) is 12.6 Å². The maximum atomic E-state index is 8.91. The van der Waals surface area contributed by atoms with Gasteiger partial charge in [-0.2, -0.15) is 12.6 Å². The SMILES string of the molecule is CC(O)(S)C(S)CO. The van der Waals surface area contributed by atoms with E-state index in [0.717, 1.165) is 0 Å². The Hall–Kier alpha value is 0.620. The molecule has 2 atom stereocenters. The first-order valence-electron chi connectivity index (χ1n) is 2.22. The molecule has 0 aromatic carbocycles. The molecule has 0 fully saturated rings. The predicted octanol–water partition coefficient (Wildman–Crippen LogP) is -0.0846. The fourth-order valence-electron chi connectivity index (χ4n) is 0.173. The molecule has 0 saturated carbocycles. The zero-order valence-corrected chi connectivity index (χ0v) is 6.36. The van der Waals surface area contributed by atoms with Crippen LogP contribution in [-0.4, -0.2) is 27.0 Å². The Morgan fingerprint density at radius 3 is 2.12 bits per heavy atom. The van der Waals surface area contributed by atoms with Crippen molar-refractivity contribution in [1.82, 2.24) is 0 Å². The third-order valence-corrected chi connectivity index (χ3v) is 1.99. The van der Waals surface area contributed by atoms with Crippen molar-refractivity contribution in [1.29, 1.82) is 0 Å². The Bertz CT molecular complexity index is 68.9. The van der Waals surface area contributed by atoms with E-state index in [-0.39, 0.29) is 6.61 Å². The van der Waals surface area contributed by atoms with E-state index in [1.807, 2.05) is 0 Å². The molecule has 2 N–H and O–H groups in total. The van der Waals surface area contributed by atoms with Crippen LogP contribution in [0.25, 0.3) is 0 Å². The van der Waals surface area contributed by atoms with Gasteiger partial charge in [-0.05, 0) is 6.92 Å². The summed E-state index contributed by atoms with van der Waals surface area (Å²) >= 11 is 7.58. The van der Waals surface area contributed by atoms with E-state index in [0.29, 0.717) is 0 Å². The van der Waals surface area contributed by atoms with E-state index >= 15 is 0 Å². The molecule has 50 valence electrons. The lowest BCUT2D eigenvalue weighted by molar-refractivity contribution is 0.128. The molecule has 0 amide bonds. The monoisotopic (exact) mass is 154 g/mol. The minimum absolute atomic E-state index is 0.167. The summed E-state index contributed by atoms with van der Waals surface area (Å²) in [6.07, 6.45) is 0. The van der Waals surface area contributed by atoms with Crippen molar-refractivity contribution in [3.05, 3.63) is 0 Å². The molecular weight excluding hydrogens is 144 g/mol. The summed E-state index contributed by atoms with van der Waals surface area (Å²) in [5, 5.41) is 16.8. The Labute approximate surface area is 59.7 Å². The first-order valence-corrected chi connectivity index (χ1v) is 3.18. The van der Waals surface area contributed by atoms with Gasteiger partial charge in [0.1, 0.15) is 4.93 Å². The Kier molecular flexibility index (Phi) is 3.19. The highest BCUT2D eigenvalue weighted by molar-refractivity contribution is 7.85. The van der Waals surface area contributed by atoms with Gasteiger partial charge in [0.15, 0.2) is 0 Å². The van der Waals surface area contributed by atoms with Crippen LogP contribution in [-0.2, 0) is 0 Å². The standard InChI is InChI=1S/C4H10O2S2/c1-4(6,8)3(7)2-5/h3,5-8H,2H2,1H3. The third-order valence-electron chi connectivity index (χ3n) is 0.804. The van der Waals surface area contributed by atoms with Crippen molar-refractivity contribution in [3.8, 4) is 0 Å². The third kappa shape index (κ3) is 2.81. The molecule has 0 rings (SSSR count). The lowest BCUT2D eigenvalue weighted by atomic mass is 10.3. The molecule has 2 unspecified atom stereocenters. The molecular formula is C4H10O2S2. The van der Waals surface area contributed by atoms with E-state index in [1.165, 1.54) is 6.92 Å². The van der Waals surface area contributed by atoms with Crippen LogP contribution in [0.2, 0.25) is 0 Å². The van der Waals surface area contributed by atoms with Gasteiger partial charge in [0.2, 0.25) is 0 Å². The number of rotatable bonds is 2. The molecule has 8 heavy (non-hydrogen) atoms. The molecule has 0 saturated heterocycles. The van der Waals surface area contributed by atoms with Gasteiger partial charge in [-0.3, -0.25) is 0 Å². The summed E-state index contributed by atoms with van der Waals surface area (Å²) in [6.45, 7) is 1.31. The summed E-state index contributed by atoms with van der Waals surface area (Å²) in [5.74, 6) is 0. The number of aliphatic hydroxyl groups excluding tert-OH is 1. The molecule has 0 aromatic heterocycles. The number of aliphatic hydroxyl groups is 2. The number of hydrogen-bond donors (Lipinski definition) is 4. The van der Waals surface area contributed by atoms with Gasteiger partial charge in [0.25, 0.3) is 0 Å². The highest BCUT2D eigenvalue weighted by atomic mass is 32.1. The largest absolute Gasteiger partial charge is 0.395 e. The number of thiol groups is 2. The molecule has 4 heteroatoms. The van der Waals surface area contributed by atoms with E-state index in [1.54, 1.807) is 0 Å². The van der Waals surface area contributed by atoms with E-state index in [9.17, 15) is 0 Å². The van der Waals surface area contributed by atoms with Crippen molar-refractivity contribution < 1.29 is 10.2 Å². The maximum Gasteiger partial charge on any atom is 0.118 e. The van der Waals surface area contributed by atoms with Crippen LogP contribution >= 0.6 is 25.3 Å². The van der Waals surface area contributed by atoms with Crippen LogP contribution in [0.4, 0.5) is 0 Å². The summed E-state index contributed by atoms with van der Waals surface area (Å²) in [7, 11) is 0. The van der Waals surface area contributed by atoms with Crippen molar-refractivity contribution in [3.63, 3.8) is 0 Å². The lowest BCUT2D eigenvalue weighted by Crippen LogP contribution is -2.31. The molecule has 2 nitrogen and oxygen atoms in total. The minimum Gasteiger partial charge on any atom is -0.395 e. The molecule has 0 bridgehead atoms. The van der Waals surface area contributed by atoms with Gasteiger partial charge in [-0.1, -0.05) is 0 Å². The van der Waals surface area contributed by atoms with Crippen LogP contribution in [0, 0.1) is 0 Å². The second-order valence-electron chi connectivity index (χ2n) is 1.79. The zero-order chi connectivity index (χ0) is 6.78. The molecule has 0 aliphatic rings. The predicted molar refractivity (Wildman–Crippen MR) is 39.5 cm³/mol. The summed E-state index contributed by atoms with van der Waals surface area (Å²) in [5.41, 5.74) is 0. The van der Waals surface area contributed by atoms with Crippen LogP contribution < -0.4 is 0 Å². The van der Waals surface area contributed by atoms with Crippen molar-refractivity contribution >= 4 is 25.3 Å². The first kappa shape index (κ1) is 8.62. The zero-order valence-electron chi connectivity index (χ0n) is 4.57. The molecule has 0 aliphatic carbocycles. The normalized spacial score (nSPS) is 22.1. The fraction of sp³-hybridized carbons (Fsp3) is 1.00. The average molecular weight is 154 g/mol. The second-order valence-corrected chi connectivity index (χ2v) is 3.32. The van der Waals surface area contributed by atoms with Crippen molar-refractivity contribution in [2.24, 2.45) is 0 Å². The smallest absolute Gasteiger partial charge is 0.118 e. The van der Waals surface area contributed by atoms with Gasteiger partial charge >= 0.3 is 0 Å². The summed E-state index contributed by atoms with van der Waals surface area (Å²) in [6, 6.07) is 0.